The summed E-state index contributed by atoms with van der Waals surface area (Å²) in [4.78, 5) is 2.31. The molecule has 1 aliphatic rings. The Bertz CT molecular complexity index is 363. The molecule has 1 atom stereocenters. The highest BCUT2D eigenvalue weighted by Crippen LogP contribution is 2.19. The molecule has 1 unspecified atom stereocenters. The normalized spacial score (nSPS) is 21.5. The van der Waals surface area contributed by atoms with Gasteiger partial charge in [0.1, 0.15) is 0 Å². The predicted molar refractivity (Wildman–Crippen MR) is 74.6 cm³/mol. The van der Waals surface area contributed by atoms with Crippen molar-refractivity contribution in [2.45, 2.75) is 13.0 Å². The lowest BCUT2D eigenvalue weighted by atomic mass is 10.2. The summed E-state index contributed by atoms with van der Waals surface area (Å²) >= 11 is 3.51. The van der Waals surface area contributed by atoms with Crippen molar-refractivity contribution in [1.29, 1.82) is 0 Å². The Morgan fingerprint density at radius 3 is 3.00 bits per heavy atom. The van der Waals surface area contributed by atoms with Gasteiger partial charge in [-0.05, 0) is 37.7 Å². The molecule has 0 aliphatic carbocycles. The molecule has 0 aromatic heterocycles. The Labute approximate surface area is 111 Å². The van der Waals surface area contributed by atoms with Crippen LogP contribution in [0, 0.1) is 6.92 Å². The van der Waals surface area contributed by atoms with Crippen molar-refractivity contribution >= 4 is 21.6 Å². The minimum atomic E-state index is 0.285. The molecule has 2 rings (SSSR count). The van der Waals surface area contributed by atoms with E-state index in [1.807, 2.05) is 0 Å². The Balaban J connectivity index is 1.88. The van der Waals surface area contributed by atoms with E-state index < -0.39 is 0 Å². The van der Waals surface area contributed by atoms with Gasteiger partial charge in [-0.25, -0.2) is 0 Å². The van der Waals surface area contributed by atoms with E-state index in [0.29, 0.717) is 0 Å². The summed E-state index contributed by atoms with van der Waals surface area (Å²) in [6, 6.07) is 6.35. The number of nitrogens with zero attached hydrogens (tertiary/aromatic N) is 1. The van der Waals surface area contributed by atoms with E-state index in [1.165, 1.54) is 5.56 Å². The van der Waals surface area contributed by atoms with Crippen molar-refractivity contribution in [2.24, 2.45) is 0 Å². The van der Waals surface area contributed by atoms with Crippen molar-refractivity contribution < 1.29 is 4.74 Å². The largest absolute Gasteiger partial charge is 0.382 e. The predicted octanol–water partition coefficient (Wildman–Crippen LogP) is 2.50. The number of hydrogen-bond donors (Lipinski definition) is 1. The monoisotopic (exact) mass is 298 g/mol. The molecule has 1 N–H and O–H groups in total. The molecule has 1 aromatic carbocycles. The SMILES string of the molecule is Cc1cc(Br)cc(NCC2CN(C)CCO2)c1. The number of halogens is 1. The van der Waals surface area contributed by atoms with Gasteiger partial charge in [-0.2, -0.15) is 0 Å². The van der Waals surface area contributed by atoms with E-state index in [9.17, 15) is 0 Å². The van der Waals surface area contributed by atoms with Crippen molar-refractivity contribution in [1.82, 2.24) is 4.90 Å². The van der Waals surface area contributed by atoms with Crippen LogP contribution in [-0.2, 0) is 4.74 Å². The third-order valence-corrected chi connectivity index (χ3v) is 3.38. The fourth-order valence-electron chi connectivity index (χ4n) is 2.06. The number of likely N-dealkylation sites (N-methyl/N-ethyl adjacent to an activating group) is 1. The first-order valence-corrected chi connectivity index (χ1v) is 6.74. The van der Waals surface area contributed by atoms with Gasteiger partial charge >= 0.3 is 0 Å². The van der Waals surface area contributed by atoms with E-state index in [1.54, 1.807) is 0 Å². The topological polar surface area (TPSA) is 24.5 Å². The molecule has 4 heteroatoms. The lowest BCUT2D eigenvalue weighted by Gasteiger charge is -2.30. The van der Waals surface area contributed by atoms with Crippen molar-refractivity contribution in [2.75, 3.05) is 38.6 Å². The third-order valence-electron chi connectivity index (χ3n) is 2.92. The van der Waals surface area contributed by atoms with Gasteiger partial charge in [-0.15, -0.1) is 0 Å². The second-order valence-electron chi connectivity index (χ2n) is 4.65. The summed E-state index contributed by atoms with van der Waals surface area (Å²) in [6.07, 6.45) is 0.285. The summed E-state index contributed by atoms with van der Waals surface area (Å²) in [5.74, 6) is 0. The molecule has 0 amide bonds. The Kier molecular flexibility index (Phi) is 4.42. The van der Waals surface area contributed by atoms with Crippen LogP contribution >= 0.6 is 15.9 Å². The second kappa shape index (κ2) is 5.85. The maximum Gasteiger partial charge on any atom is 0.0874 e. The average molecular weight is 299 g/mol. The first-order valence-electron chi connectivity index (χ1n) is 5.95. The molecule has 1 fully saturated rings. The molecule has 17 heavy (non-hydrogen) atoms. The van der Waals surface area contributed by atoms with Crippen LogP contribution in [-0.4, -0.2) is 44.3 Å². The lowest BCUT2D eigenvalue weighted by Crippen LogP contribution is -2.43. The fraction of sp³-hybridized carbons (Fsp3) is 0.538. The molecule has 0 saturated carbocycles. The van der Waals surface area contributed by atoms with Gasteiger partial charge < -0.3 is 15.0 Å². The Morgan fingerprint density at radius 1 is 1.47 bits per heavy atom. The van der Waals surface area contributed by atoms with Gasteiger partial charge in [0.25, 0.3) is 0 Å². The number of morpholine rings is 1. The Hall–Kier alpha value is -0.580. The van der Waals surface area contributed by atoms with Crippen LogP contribution in [0.2, 0.25) is 0 Å². The van der Waals surface area contributed by atoms with Gasteiger partial charge in [0.2, 0.25) is 0 Å². The third kappa shape index (κ3) is 3.98. The minimum absolute atomic E-state index is 0.285. The highest BCUT2D eigenvalue weighted by Gasteiger charge is 2.17. The maximum atomic E-state index is 5.71. The van der Waals surface area contributed by atoms with Crippen LogP contribution in [0.3, 0.4) is 0 Å². The van der Waals surface area contributed by atoms with E-state index >= 15 is 0 Å². The van der Waals surface area contributed by atoms with E-state index in [-0.39, 0.29) is 6.10 Å². The van der Waals surface area contributed by atoms with Crippen LogP contribution in [0.15, 0.2) is 22.7 Å². The first kappa shape index (κ1) is 12.9. The van der Waals surface area contributed by atoms with Crippen LogP contribution < -0.4 is 5.32 Å². The molecular formula is C13H19BrN2O. The molecule has 1 aromatic rings. The molecule has 1 heterocycles. The quantitative estimate of drug-likeness (QED) is 0.928. The molecule has 3 nitrogen and oxygen atoms in total. The number of ether oxygens (including phenoxy) is 1. The van der Waals surface area contributed by atoms with Crippen molar-refractivity contribution in [3.63, 3.8) is 0 Å². The molecule has 1 saturated heterocycles. The van der Waals surface area contributed by atoms with Crippen LogP contribution in [0.5, 0.6) is 0 Å². The summed E-state index contributed by atoms with van der Waals surface area (Å²) in [6.45, 7) is 5.83. The summed E-state index contributed by atoms with van der Waals surface area (Å²) in [5.41, 5.74) is 2.40. The number of rotatable bonds is 3. The van der Waals surface area contributed by atoms with Crippen LogP contribution in [0.25, 0.3) is 0 Å². The molecule has 0 bridgehead atoms. The first-order chi connectivity index (χ1) is 8.13. The maximum absolute atomic E-state index is 5.71. The molecule has 1 aliphatic heterocycles. The summed E-state index contributed by atoms with van der Waals surface area (Å²) in [7, 11) is 2.14. The van der Waals surface area contributed by atoms with Crippen LogP contribution in [0.1, 0.15) is 5.56 Å². The minimum Gasteiger partial charge on any atom is -0.382 e. The zero-order valence-electron chi connectivity index (χ0n) is 10.4. The number of hydrogen-bond acceptors (Lipinski definition) is 3. The van der Waals surface area contributed by atoms with Gasteiger partial charge in [0, 0.05) is 29.8 Å². The van der Waals surface area contributed by atoms with Crippen LogP contribution in [0.4, 0.5) is 5.69 Å². The van der Waals surface area contributed by atoms with Gasteiger partial charge in [0.15, 0.2) is 0 Å². The van der Waals surface area contributed by atoms with E-state index in [2.05, 4.69) is 58.3 Å². The molecule has 0 radical (unpaired) electrons. The number of anilines is 1. The van der Waals surface area contributed by atoms with Gasteiger partial charge in [0.05, 0.1) is 12.7 Å². The van der Waals surface area contributed by atoms with E-state index in [4.69, 9.17) is 4.74 Å². The summed E-state index contributed by atoms with van der Waals surface area (Å²) in [5, 5.41) is 3.43. The van der Waals surface area contributed by atoms with Gasteiger partial charge in [-0.1, -0.05) is 15.9 Å². The summed E-state index contributed by atoms with van der Waals surface area (Å²) < 4.78 is 6.83. The fourth-order valence-corrected chi connectivity index (χ4v) is 2.67. The van der Waals surface area contributed by atoms with E-state index in [0.717, 1.165) is 36.4 Å². The zero-order chi connectivity index (χ0) is 12.3. The van der Waals surface area contributed by atoms with Gasteiger partial charge in [-0.3, -0.25) is 0 Å². The zero-order valence-corrected chi connectivity index (χ0v) is 12.0. The number of benzene rings is 1. The average Bonchev–Trinajstić information content (AvgIpc) is 2.25. The smallest absolute Gasteiger partial charge is 0.0874 e. The molecule has 94 valence electrons. The highest BCUT2D eigenvalue weighted by molar-refractivity contribution is 9.10. The number of aryl methyl sites for hydroxylation is 1. The van der Waals surface area contributed by atoms with Crippen molar-refractivity contribution in [3.8, 4) is 0 Å². The second-order valence-corrected chi connectivity index (χ2v) is 5.57. The lowest BCUT2D eigenvalue weighted by molar-refractivity contribution is -0.0117. The molecular weight excluding hydrogens is 280 g/mol. The molecule has 0 spiro atoms. The number of nitrogens with one attached hydrogen (secondary N) is 1. The standard InChI is InChI=1S/C13H19BrN2O/c1-10-5-11(14)7-12(6-10)15-8-13-9-16(2)3-4-17-13/h5-7,13,15H,3-4,8-9H2,1-2H3. The Morgan fingerprint density at radius 2 is 2.29 bits per heavy atom. The highest BCUT2D eigenvalue weighted by atomic mass is 79.9. The van der Waals surface area contributed by atoms with Crippen molar-refractivity contribution in [3.05, 3.63) is 28.2 Å².